The minimum atomic E-state index is -4.49. The smallest absolute Gasteiger partial charge is 0.269 e. The number of nitrogens with zero attached hydrogens (tertiary/aromatic N) is 3. The Hall–Kier alpha value is -2.53. The van der Waals surface area contributed by atoms with E-state index in [2.05, 4.69) is 20.7 Å². The summed E-state index contributed by atoms with van der Waals surface area (Å²) in [6.07, 6.45) is 0. The summed E-state index contributed by atoms with van der Waals surface area (Å²) < 4.78 is 41.2. The molecule has 0 saturated heterocycles. The summed E-state index contributed by atoms with van der Waals surface area (Å²) in [7, 11) is -1.36. The number of fused-ring (bicyclic) bond motifs is 1. The minimum Gasteiger partial charge on any atom is -0.479 e. The van der Waals surface area contributed by atoms with Gasteiger partial charge in [0.15, 0.2) is 5.66 Å². The number of rotatable bonds is 5. The van der Waals surface area contributed by atoms with Gasteiger partial charge in [-0.3, -0.25) is 9.23 Å². The van der Waals surface area contributed by atoms with Crippen molar-refractivity contribution in [2.24, 2.45) is 7.05 Å². The Morgan fingerprint density at radius 3 is 2.44 bits per heavy atom. The van der Waals surface area contributed by atoms with Gasteiger partial charge < -0.3 is 15.4 Å². The third kappa shape index (κ3) is 4.31. The first-order chi connectivity index (χ1) is 15.8. The van der Waals surface area contributed by atoms with E-state index in [1.54, 1.807) is 19.2 Å². The predicted molar refractivity (Wildman–Crippen MR) is 133 cm³/mol. The van der Waals surface area contributed by atoms with Crippen LogP contribution in [0.3, 0.4) is 0 Å². The molecule has 4 rings (SSSR count). The lowest BCUT2D eigenvalue weighted by atomic mass is 9.91. The van der Waals surface area contributed by atoms with Crippen molar-refractivity contribution in [2.45, 2.75) is 31.8 Å². The van der Waals surface area contributed by atoms with Crippen molar-refractivity contribution < 1.29 is 17.7 Å². The first-order valence-corrected chi connectivity index (χ1v) is 12.7. The van der Waals surface area contributed by atoms with Gasteiger partial charge in [0, 0.05) is 23.0 Å². The second kappa shape index (κ2) is 8.30. The summed E-state index contributed by atoms with van der Waals surface area (Å²) in [4.78, 5) is 4.56. The summed E-state index contributed by atoms with van der Waals surface area (Å²) in [5, 5.41) is 11.7. The highest BCUT2D eigenvalue weighted by molar-refractivity contribution is 7.85. The van der Waals surface area contributed by atoms with Crippen LogP contribution >= 0.6 is 23.2 Å². The molecule has 0 bridgehead atoms. The van der Waals surface area contributed by atoms with Gasteiger partial charge in [-0.05, 0) is 12.1 Å². The quantitative estimate of drug-likeness (QED) is 0.411. The molecule has 12 heteroatoms. The molecular weight excluding hydrogens is 501 g/mol. The van der Waals surface area contributed by atoms with Gasteiger partial charge in [0.1, 0.15) is 17.1 Å². The Morgan fingerprint density at radius 1 is 1.21 bits per heavy atom. The average molecular weight is 526 g/mol. The van der Waals surface area contributed by atoms with Crippen LogP contribution in [0.15, 0.2) is 30.3 Å². The van der Waals surface area contributed by atoms with Gasteiger partial charge in [-0.2, -0.15) is 13.5 Å². The molecule has 0 amide bonds. The molecule has 0 fully saturated rings. The molecule has 1 unspecified atom stereocenters. The summed E-state index contributed by atoms with van der Waals surface area (Å²) in [5.74, 6) is -0.520. The second-order valence-electron chi connectivity index (χ2n) is 9.19. The summed E-state index contributed by atoms with van der Waals surface area (Å²) in [6, 6.07) is 8.94. The molecule has 3 heterocycles. The molecule has 2 aromatic heterocycles. The van der Waals surface area contributed by atoms with Crippen molar-refractivity contribution in [1.29, 1.82) is 0 Å². The lowest BCUT2D eigenvalue weighted by Crippen LogP contribution is -2.46. The maximum atomic E-state index is 12.2. The normalized spacial score (nSPS) is 17.8. The van der Waals surface area contributed by atoms with Crippen molar-refractivity contribution in [3.05, 3.63) is 51.8 Å². The first-order valence-electron chi connectivity index (χ1n) is 10.3. The summed E-state index contributed by atoms with van der Waals surface area (Å²) in [5.41, 5.74) is 1.08. The molecule has 0 spiro atoms. The second-order valence-corrected chi connectivity index (χ2v) is 11.4. The largest absolute Gasteiger partial charge is 0.479 e. The SMILES string of the molecule is COc1nc(-c2ccccc2Cl)cc2c1NC(CS(=O)(=O)O)(c1c(Cl)c(C(C)(C)C)nn1C)N2. The van der Waals surface area contributed by atoms with Crippen LogP contribution in [-0.2, 0) is 28.2 Å². The van der Waals surface area contributed by atoms with Crippen LogP contribution in [0.1, 0.15) is 32.2 Å². The Labute approximate surface area is 208 Å². The number of pyridine rings is 1. The fraction of sp³-hybridized carbons (Fsp3) is 0.364. The van der Waals surface area contributed by atoms with Crippen molar-refractivity contribution in [3.63, 3.8) is 0 Å². The Kier molecular flexibility index (Phi) is 6.00. The van der Waals surface area contributed by atoms with Crippen molar-refractivity contribution in [2.75, 3.05) is 23.5 Å². The van der Waals surface area contributed by atoms with Crippen LogP contribution in [0.25, 0.3) is 11.3 Å². The monoisotopic (exact) mass is 525 g/mol. The zero-order valence-corrected chi connectivity index (χ0v) is 21.6. The van der Waals surface area contributed by atoms with E-state index in [1.807, 2.05) is 39.0 Å². The lowest BCUT2D eigenvalue weighted by Gasteiger charge is -2.30. The maximum Gasteiger partial charge on any atom is 0.269 e. The number of aryl methyl sites for hydroxylation is 1. The van der Waals surface area contributed by atoms with Gasteiger partial charge in [0.2, 0.25) is 5.88 Å². The molecule has 0 aliphatic carbocycles. The average Bonchev–Trinajstić information content (AvgIpc) is 3.22. The van der Waals surface area contributed by atoms with Gasteiger partial charge >= 0.3 is 0 Å². The number of aromatic nitrogens is 3. The Balaban J connectivity index is 1.93. The topological polar surface area (TPSA) is 118 Å². The van der Waals surface area contributed by atoms with Crippen LogP contribution < -0.4 is 15.4 Å². The highest BCUT2D eigenvalue weighted by Crippen LogP contribution is 2.48. The van der Waals surface area contributed by atoms with Gasteiger partial charge in [0.05, 0.1) is 29.2 Å². The molecule has 1 atom stereocenters. The number of ether oxygens (including phenoxy) is 1. The fourth-order valence-electron chi connectivity index (χ4n) is 4.14. The van der Waals surface area contributed by atoms with E-state index < -0.39 is 26.9 Å². The molecule has 9 nitrogen and oxygen atoms in total. The molecule has 3 N–H and O–H groups in total. The van der Waals surface area contributed by atoms with E-state index in [0.29, 0.717) is 39.0 Å². The summed E-state index contributed by atoms with van der Waals surface area (Å²) in [6.45, 7) is 5.86. The predicted octanol–water partition coefficient (Wildman–Crippen LogP) is 4.67. The van der Waals surface area contributed by atoms with Gasteiger partial charge in [-0.15, -0.1) is 0 Å². The lowest BCUT2D eigenvalue weighted by molar-refractivity contribution is 0.400. The van der Waals surface area contributed by atoms with E-state index in [0.717, 1.165) is 0 Å². The van der Waals surface area contributed by atoms with Gasteiger partial charge in [-0.1, -0.05) is 62.2 Å². The van der Waals surface area contributed by atoms with Crippen LogP contribution in [0.4, 0.5) is 11.4 Å². The Bertz CT molecular complexity index is 1380. The molecule has 0 radical (unpaired) electrons. The third-order valence-corrected chi connectivity index (χ3v) is 7.00. The maximum absolute atomic E-state index is 12.2. The number of methoxy groups -OCH3 is 1. The van der Waals surface area contributed by atoms with Crippen LogP contribution in [0.5, 0.6) is 5.88 Å². The fourth-order valence-corrected chi connectivity index (χ4v) is 5.81. The van der Waals surface area contributed by atoms with Crippen LogP contribution in [0.2, 0.25) is 10.0 Å². The van der Waals surface area contributed by atoms with E-state index >= 15 is 0 Å². The minimum absolute atomic E-state index is 0.214. The molecule has 1 aromatic carbocycles. The molecule has 0 saturated carbocycles. The number of hydrogen-bond donors (Lipinski definition) is 3. The molecule has 1 aliphatic heterocycles. The standard InChI is InChI=1S/C22H25Cl2N5O4S/c1-21(2,3)18-16(24)19(29(4)28-18)22(11-34(30,31)32)26-15-10-14(12-8-6-7-9-13(12)23)25-20(33-5)17(15)27-22/h6-10,26-27H,11H2,1-5H3,(H,30,31,32). The first kappa shape index (κ1) is 24.6. The number of anilines is 2. The van der Waals surface area contributed by atoms with Crippen molar-refractivity contribution in [1.82, 2.24) is 14.8 Å². The van der Waals surface area contributed by atoms with E-state index in [9.17, 15) is 13.0 Å². The Morgan fingerprint density at radius 2 is 1.88 bits per heavy atom. The van der Waals surface area contributed by atoms with Gasteiger partial charge in [0.25, 0.3) is 10.1 Å². The van der Waals surface area contributed by atoms with E-state index in [4.69, 9.17) is 27.9 Å². The van der Waals surface area contributed by atoms with Crippen LogP contribution in [0, 0.1) is 0 Å². The zero-order valence-electron chi connectivity index (χ0n) is 19.3. The molecular formula is C22H25Cl2N5O4S. The number of nitrogens with one attached hydrogen (secondary N) is 2. The zero-order chi connectivity index (χ0) is 25.1. The van der Waals surface area contributed by atoms with Crippen molar-refractivity contribution in [3.8, 4) is 17.1 Å². The molecule has 34 heavy (non-hydrogen) atoms. The van der Waals surface area contributed by atoms with E-state index in [-0.39, 0.29) is 10.9 Å². The van der Waals surface area contributed by atoms with Crippen LogP contribution in [-0.4, -0.2) is 40.6 Å². The molecule has 182 valence electrons. The highest BCUT2D eigenvalue weighted by atomic mass is 35.5. The summed E-state index contributed by atoms with van der Waals surface area (Å²) >= 11 is 13.1. The molecule has 3 aromatic rings. The third-order valence-electron chi connectivity index (χ3n) is 5.52. The highest BCUT2D eigenvalue weighted by Gasteiger charge is 2.48. The number of benzene rings is 1. The number of halogens is 2. The molecule has 1 aliphatic rings. The van der Waals surface area contributed by atoms with Gasteiger partial charge in [-0.25, -0.2) is 4.98 Å². The van der Waals surface area contributed by atoms with E-state index in [1.165, 1.54) is 11.8 Å². The number of hydrogen-bond acceptors (Lipinski definition) is 7. The van der Waals surface area contributed by atoms with Crippen molar-refractivity contribution >= 4 is 44.7 Å².